The summed E-state index contributed by atoms with van der Waals surface area (Å²) in [6, 6.07) is 9.30. The summed E-state index contributed by atoms with van der Waals surface area (Å²) in [6.45, 7) is 2.68. The third kappa shape index (κ3) is 1.99. The summed E-state index contributed by atoms with van der Waals surface area (Å²) in [5, 5.41) is 0. The van der Waals surface area contributed by atoms with E-state index >= 15 is 0 Å². The van der Waals surface area contributed by atoms with Crippen LogP contribution in [0.25, 0.3) is 0 Å². The highest BCUT2D eigenvalue weighted by atomic mass is 16.4. The molecular weight excluding hydrogens is 240 g/mol. The summed E-state index contributed by atoms with van der Waals surface area (Å²) in [6.07, 6.45) is 1.65. The Balaban J connectivity index is 1.92. The van der Waals surface area contributed by atoms with Crippen LogP contribution >= 0.6 is 0 Å². The van der Waals surface area contributed by atoms with Crippen LogP contribution < -0.4 is 10.6 Å². The predicted octanol–water partition coefficient (Wildman–Crippen LogP) is 2.63. The van der Waals surface area contributed by atoms with E-state index in [0.29, 0.717) is 18.0 Å². The fourth-order valence-electron chi connectivity index (χ4n) is 2.42. The molecule has 1 aliphatic heterocycles. The first-order chi connectivity index (χ1) is 9.19. The molecule has 0 unspecified atom stereocenters. The van der Waals surface area contributed by atoms with Gasteiger partial charge in [-0.1, -0.05) is 13.0 Å². The van der Waals surface area contributed by atoms with E-state index in [1.165, 1.54) is 0 Å². The summed E-state index contributed by atoms with van der Waals surface area (Å²) in [7, 11) is 0. The van der Waals surface area contributed by atoms with Gasteiger partial charge in [0.1, 0.15) is 5.76 Å². The van der Waals surface area contributed by atoms with Crippen LogP contribution in [0.1, 0.15) is 28.8 Å². The molecule has 0 saturated carbocycles. The minimum absolute atomic E-state index is 0.0935. The molecule has 0 bridgehead atoms. The molecule has 2 aromatic rings. The number of hydrogen-bond acceptors (Lipinski definition) is 3. The Morgan fingerprint density at radius 3 is 2.95 bits per heavy atom. The normalized spacial score (nSPS) is 13.6. The number of carbonyl (C=O) groups excluding carboxylic acids is 1. The Labute approximate surface area is 111 Å². The smallest absolute Gasteiger partial charge is 0.293 e. The fourth-order valence-corrected chi connectivity index (χ4v) is 2.42. The van der Waals surface area contributed by atoms with Crippen LogP contribution in [-0.4, -0.2) is 12.5 Å². The van der Waals surface area contributed by atoms with Crippen LogP contribution in [0.2, 0.25) is 0 Å². The van der Waals surface area contributed by atoms with E-state index in [1.54, 1.807) is 11.0 Å². The highest BCUT2D eigenvalue weighted by molar-refractivity contribution is 6.05. The lowest BCUT2D eigenvalue weighted by Gasteiger charge is -2.16. The van der Waals surface area contributed by atoms with Gasteiger partial charge in [-0.15, -0.1) is 0 Å². The molecule has 0 saturated heterocycles. The average Bonchev–Trinajstić information content (AvgIpc) is 3.04. The minimum atomic E-state index is -0.0935. The number of nitrogens with two attached hydrogens (primary N) is 1. The molecule has 1 amide bonds. The lowest BCUT2D eigenvalue weighted by atomic mass is 10.1. The van der Waals surface area contributed by atoms with E-state index in [4.69, 9.17) is 10.2 Å². The van der Waals surface area contributed by atoms with Crippen molar-refractivity contribution in [2.24, 2.45) is 0 Å². The third-order valence-electron chi connectivity index (χ3n) is 3.47. The molecule has 0 fully saturated rings. The molecule has 0 atom stereocenters. The maximum Gasteiger partial charge on any atom is 0.293 e. The predicted molar refractivity (Wildman–Crippen MR) is 74.3 cm³/mol. The van der Waals surface area contributed by atoms with Crippen molar-refractivity contribution in [2.45, 2.75) is 19.8 Å². The number of amides is 1. The van der Waals surface area contributed by atoms with E-state index in [9.17, 15) is 4.79 Å². The van der Waals surface area contributed by atoms with Gasteiger partial charge in [-0.2, -0.15) is 0 Å². The minimum Gasteiger partial charge on any atom is -0.456 e. The number of rotatable bonds is 2. The van der Waals surface area contributed by atoms with Gasteiger partial charge >= 0.3 is 0 Å². The molecule has 0 radical (unpaired) electrons. The SMILES string of the molecule is CCc1ccc(C(=O)N2CCc3ccc(N)cc32)o1. The van der Waals surface area contributed by atoms with Gasteiger partial charge in [0.05, 0.1) is 0 Å². The zero-order chi connectivity index (χ0) is 13.4. The molecule has 1 aliphatic rings. The number of nitrogen functional groups attached to an aromatic ring is 1. The lowest BCUT2D eigenvalue weighted by Crippen LogP contribution is -2.28. The van der Waals surface area contributed by atoms with Crippen LogP contribution in [0, 0.1) is 0 Å². The molecule has 19 heavy (non-hydrogen) atoms. The summed E-state index contributed by atoms with van der Waals surface area (Å²) in [5.41, 5.74) is 8.53. The first-order valence-corrected chi connectivity index (χ1v) is 6.48. The van der Waals surface area contributed by atoms with Gasteiger partial charge in [0.25, 0.3) is 5.91 Å². The molecule has 2 heterocycles. The monoisotopic (exact) mass is 256 g/mol. The first-order valence-electron chi connectivity index (χ1n) is 6.48. The van der Waals surface area contributed by atoms with Gasteiger partial charge in [0, 0.05) is 24.3 Å². The average molecular weight is 256 g/mol. The maximum atomic E-state index is 12.4. The molecule has 1 aromatic carbocycles. The van der Waals surface area contributed by atoms with Crippen molar-refractivity contribution < 1.29 is 9.21 Å². The van der Waals surface area contributed by atoms with Crippen molar-refractivity contribution in [2.75, 3.05) is 17.2 Å². The Hall–Kier alpha value is -2.23. The Kier molecular flexibility index (Phi) is 2.78. The number of carbonyl (C=O) groups is 1. The summed E-state index contributed by atoms with van der Waals surface area (Å²) < 4.78 is 5.53. The molecular formula is C15H16N2O2. The number of hydrogen-bond donors (Lipinski definition) is 1. The van der Waals surface area contributed by atoms with Crippen LogP contribution in [-0.2, 0) is 12.8 Å². The van der Waals surface area contributed by atoms with Gasteiger partial charge in [-0.05, 0) is 36.2 Å². The van der Waals surface area contributed by atoms with E-state index in [1.807, 2.05) is 31.2 Å². The largest absolute Gasteiger partial charge is 0.456 e. The van der Waals surface area contributed by atoms with Crippen molar-refractivity contribution in [3.05, 3.63) is 47.4 Å². The first kappa shape index (κ1) is 11.8. The highest BCUT2D eigenvalue weighted by Gasteiger charge is 2.27. The third-order valence-corrected chi connectivity index (χ3v) is 3.47. The van der Waals surface area contributed by atoms with Crippen LogP contribution in [0.15, 0.2) is 34.7 Å². The van der Waals surface area contributed by atoms with Crippen molar-refractivity contribution in [1.82, 2.24) is 0 Å². The van der Waals surface area contributed by atoms with Crippen LogP contribution in [0.4, 0.5) is 11.4 Å². The number of fused-ring (bicyclic) bond motifs is 1. The van der Waals surface area contributed by atoms with Crippen LogP contribution in [0.3, 0.4) is 0 Å². The van der Waals surface area contributed by atoms with Crippen molar-refractivity contribution in [3.8, 4) is 0 Å². The number of aryl methyl sites for hydroxylation is 1. The highest BCUT2D eigenvalue weighted by Crippen LogP contribution is 2.31. The fraction of sp³-hybridized carbons (Fsp3) is 0.267. The Morgan fingerprint density at radius 1 is 1.37 bits per heavy atom. The topological polar surface area (TPSA) is 59.5 Å². The zero-order valence-corrected chi connectivity index (χ0v) is 10.8. The molecule has 0 aliphatic carbocycles. The lowest BCUT2D eigenvalue weighted by molar-refractivity contribution is 0.0961. The summed E-state index contributed by atoms with van der Waals surface area (Å²) >= 11 is 0. The molecule has 4 heteroatoms. The van der Waals surface area contributed by atoms with Crippen molar-refractivity contribution >= 4 is 17.3 Å². The standard InChI is InChI=1S/C15H16N2O2/c1-2-12-5-6-14(19-12)15(18)17-8-7-10-3-4-11(16)9-13(10)17/h3-6,9H,2,7-8,16H2,1H3. The molecule has 98 valence electrons. The van der Waals surface area contributed by atoms with Gasteiger partial charge in [-0.3, -0.25) is 4.79 Å². The number of anilines is 2. The summed E-state index contributed by atoms with van der Waals surface area (Å²) in [4.78, 5) is 14.2. The van der Waals surface area contributed by atoms with Gasteiger partial charge in [-0.25, -0.2) is 0 Å². The van der Waals surface area contributed by atoms with Gasteiger partial charge < -0.3 is 15.1 Å². The second kappa shape index (κ2) is 4.46. The van der Waals surface area contributed by atoms with Crippen molar-refractivity contribution in [1.29, 1.82) is 0 Å². The van der Waals surface area contributed by atoms with Gasteiger partial charge in [0.15, 0.2) is 5.76 Å². The van der Waals surface area contributed by atoms with E-state index in [-0.39, 0.29) is 5.91 Å². The molecule has 2 N–H and O–H groups in total. The summed E-state index contributed by atoms with van der Waals surface area (Å²) in [5.74, 6) is 1.13. The molecule has 1 aromatic heterocycles. The molecule has 0 spiro atoms. The molecule has 4 nitrogen and oxygen atoms in total. The zero-order valence-electron chi connectivity index (χ0n) is 10.8. The molecule has 3 rings (SSSR count). The second-order valence-corrected chi connectivity index (χ2v) is 4.71. The van der Waals surface area contributed by atoms with Gasteiger partial charge in [0.2, 0.25) is 0 Å². The quantitative estimate of drug-likeness (QED) is 0.840. The number of furan rings is 1. The number of nitrogens with zero attached hydrogens (tertiary/aromatic N) is 1. The van der Waals surface area contributed by atoms with E-state index in [2.05, 4.69) is 0 Å². The number of benzene rings is 1. The Bertz CT molecular complexity index is 631. The second-order valence-electron chi connectivity index (χ2n) is 4.71. The van der Waals surface area contributed by atoms with Crippen LogP contribution in [0.5, 0.6) is 0 Å². The Morgan fingerprint density at radius 2 is 2.21 bits per heavy atom. The van der Waals surface area contributed by atoms with Crippen molar-refractivity contribution in [3.63, 3.8) is 0 Å². The van der Waals surface area contributed by atoms with E-state index in [0.717, 1.165) is 29.9 Å². The maximum absolute atomic E-state index is 12.4. The van der Waals surface area contributed by atoms with E-state index < -0.39 is 0 Å².